The van der Waals surface area contributed by atoms with Gasteiger partial charge in [-0.05, 0) is 19.3 Å². The van der Waals surface area contributed by atoms with Crippen LogP contribution >= 0.6 is 0 Å². The maximum absolute atomic E-state index is 10.6. The Labute approximate surface area is 74.8 Å². The van der Waals surface area contributed by atoms with Gasteiger partial charge in [0, 0.05) is 16.8 Å². The Morgan fingerprint density at radius 2 is 2.25 bits per heavy atom. The van der Waals surface area contributed by atoms with Crippen LogP contribution in [-0.2, 0) is 9.53 Å². The summed E-state index contributed by atoms with van der Waals surface area (Å²) in [6, 6.07) is 0. The van der Waals surface area contributed by atoms with E-state index < -0.39 is 11.2 Å². The smallest absolute Gasteiger partial charge is 0.333 e. The molecule has 0 aliphatic carbocycles. The highest BCUT2D eigenvalue weighted by Crippen LogP contribution is 2.27. The summed E-state index contributed by atoms with van der Waals surface area (Å²) in [7, 11) is 0.709. The molecule has 12 heavy (non-hydrogen) atoms. The zero-order chi connectivity index (χ0) is 9.19. The van der Waals surface area contributed by atoms with Gasteiger partial charge in [0.2, 0.25) is 0 Å². The largest absolute Gasteiger partial charge is 0.478 e. The number of aliphatic carboxylic acids is 1. The lowest BCUT2D eigenvalue weighted by atomic mass is 10.0. The van der Waals surface area contributed by atoms with E-state index in [0.29, 0.717) is 16.8 Å². The molecule has 1 atom stereocenters. The van der Waals surface area contributed by atoms with Gasteiger partial charge in [-0.2, -0.15) is 0 Å². The first-order valence-corrected chi connectivity index (χ1v) is 5.13. The lowest BCUT2D eigenvalue weighted by Crippen LogP contribution is -2.41. The van der Waals surface area contributed by atoms with Crippen LogP contribution in [0.1, 0.15) is 19.3 Å². The molecule has 0 spiro atoms. The molecule has 1 N–H and O–H groups in total. The molecular weight excluding hydrogens is 172 g/mol. The van der Waals surface area contributed by atoms with Crippen LogP contribution in [0.25, 0.3) is 0 Å². The van der Waals surface area contributed by atoms with Crippen molar-refractivity contribution in [2.45, 2.75) is 24.5 Å². The molecule has 0 aromatic heterocycles. The maximum atomic E-state index is 10.6. The predicted octanol–water partition coefficient (Wildman–Crippen LogP) is -0.111. The molecule has 0 aromatic carbocycles. The first kappa shape index (κ1) is 9.47. The summed E-state index contributed by atoms with van der Waals surface area (Å²) in [6.45, 7) is 4.24. The Morgan fingerprint density at radius 3 is 2.67 bits per heavy atom. The summed E-state index contributed by atoms with van der Waals surface area (Å²) in [5.41, 5.74) is 0.230. The Kier molecular flexibility index (Phi) is 2.69. The highest BCUT2D eigenvalue weighted by molar-refractivity contribution is 6.20. The molecule has 0 bridgehead atoms. The summed E-state index contributed by atoms with van der Waals surface area (Å²) in [5, 5.41) is 8.25. The first-order valence-electron chi connectivity index (χ1n) is 4.13. The van der Waals surface area contributed by atoms with Crippen molar-refractivity contribution in [3.05, 3.63) is 12.2 Å². The van der Waals surface area contributed by atoms with E-state index in [-0.39, 0.29) is 5.57 Å². The number of hydrogen-bond acceptors (Lipinski definition) is 2. The van der Waals surface area contributed by atoms with E-state index >= 15 is 0 Å². The van der Waals surface area contributed by atoms with Crippen molar-refractivity contribution in [2.24, 2.45) is 0 Å². The molecule has 0 radical (unpaired) electrons. The molecule has 0 aromatic rings. The van der Waals surface area contributed by atoms with Crippen molar-refractivity contribution in [2.75, 3.05) is 6.61 Å². The molecule has 4 heteroatoms. The van der Waals surface area contributed by atoms with Gasteiger partial charge in [-0.1, -0.05) is 6.58 Å². The molecule has 1 fully saturated rings. The minimum absolute atomic E-state index is 0.230. The van der Waals surface area contributed by atoms with E-state index in [4.69, 9.17) is 9.84 Å². The Bertz CT molecular complexity index is 206. The summed E-state index contributed by atoms with van der Waals surface area (Å²) >= 11 is 0. The van der Waals surface area contributed by atoms with E-state index in [1.54, 1.807) is 0 Å². The summed E-state index contributed by atoms with van der Waals surface area (Å²) in [4.78, 5) is 10.6. The van der Waals surface area contributed by atoms with Crippen molar-refractivity contribution in [1.29, 1.82) is 0 Å². The topological polar surface area (TPSA) is 46.5 Å². The van der Waals surface area contributed by atoms with Crippen LogP contribution in [-0.4, -0.2) is 33.1 Å². The predicted molar refractivity (Wildman–Crippen MR) is 49.2 cm³/mol. The molecular formula is C8H14O3Si. The summed E-state index contributed by atoms with van der Waals surface area (Å²) in [6.07, 6.45) is 2.91. The monoisotopic (exact) mass is 186 g/mol. The minimum Gasteiger partial charge on any atom is -0.478 e. The molecule has 0 saturated carbocycles. The van der Waals surface area contributed by atoms with Crippen molar-refractivity contribution < 1.29 is 14.6 Å². The number of carboxylic acids is 1. The van der Waals surface area contributed by atoms with E-state index in [2.05, 4.69) is 6.58 Å². The summed E-state index contributed by atoms with van der Waals surface area (Å²) < 4.78 is 5.47. The fourth-order valence-electron chi connectivity index (χ4n) is 1.40. The van der Waals surface area contributed by atoms with Crippen LogP contribution in [0.15, 0.2) is 12.2 Å². The lowest BCUT2D eigenvalue weighted by molar-refractivity contribution is -0.135. The summed E-state index contributed by atoms with van der Waals surface area (Å²) in [5.74, 6) is -0.924. The molecule has 1 heterocycles. The molecule has 0 amide bonds. The molecule has 1 saturated heterocycles. The van der Waals surface area contributed by atoms with Crippen molar-refractivity contribution in [3.63, 3.8) is 0 Å². The van der Waals surface area contributed by atoms with Gasteiger partial charge in [-0.3, -0.25) is 0 Å². The molecule has 1 aliphatic rings. The van der Waals surface area contributed by atoms with Crippen LogP contribution in [0.5, 0.6) is 0 Å². The minimum atomic E-state index is -0.924. The van der Waals surface area contributed by atoms with Gasteiger partial charge in [0.1, 0.15) is 0 Å². The standard InChI is InChI=1S/C8H14O3Si/c1-6(7(9)10)8(12)4-2-3-5-11-8/h1-5H2,12H3,(H,9,10). The Morgan fingerprint density at radius 1 is 1.58 bits per heavy atom. The average Bonchev–Trinajstić information content (AvgIpc) is 2.04. The number of carbonyl (C=O) groups is 1. The molecule has 68 valence electrons. The number of hydrogen-bond donors (Lipinski definition) is 1. The molecule has 1 unspecified atom stereocenters. The van der Waals surface area contributed by atoms with E-state index in [1.165, 1.54) is 0 Å². The van der Waals surface area contributed by atoms with Crippen LogP contribution in [0.2, 0.25) is 0 Å². The quantitative estimate of drug-likeness (QED) is 0.483. The third-order valence-electron chi connectivity index (χ3n) is 2.37. The number of carboxylic acid groups (broad SMARTS) is 1. The fourth-order valence-corrected chi connectivity index (χ4v) is 2.17. The van der Waals surface area contributed by atoms with Gasteiger partial charge < -0.3 is 9.84 Å². The van der Waals surface area contributed by atoms with E-state index in [0.717, 1.165) is 19.3 Å². The van der Waals surface area contributed by atoms with Crippen molar-refractivity contribution >= 4 is 16.2 Å². The second-order valence-electron chi connectivity index (χ2n) is 3.32. The maximum Gasteiger partial charge on any atom is 0.333 e. The molecule has 1 rings (SSSR count). The highest BCUT2D eigenvalue weighted by Gasteiger charge is 2.34. The van der Waals surface area contributed by atoms with Crippen LogP contribution in [0.3, 0.4) is 0 Å². The lowest BCUT2D eigenvalue weighted by Gasteiger charge is -2.34. The van der Waals surface area contributed by atoms with Gasteiger partial charge >= 0.3 is 5.97 Å². The van der Waals surface area contributed by atoms with Crippen molar-refractivity contribution in [1.82, 2.24) is 0 Å². The third-order valence-corrected chi connectivity index (χ3v) is 3.76. The second-order valence-corrected chi connectivity index (χ2v) is 4.94. The SMILES string of the molecule is C=C(C(=O)O)C1([SiH3])CCCCO1. The molecule has 3 nitrogen and oxygen atoms in total. The van der Waals surface area contributed by atoms with Gasteiger partial charge in [-0.25, -0.2) is 4.79 Å². The van der Waals surface area contributed by atoms with Gasteiger partial charge in [0.25, 0.3) is 0 Å². The second kappa shape index (κ2) is 3.41. The van der Waals surface area contributed by atoms with E-state index in [1.807, 2.05) is 0 Å². The van der Waals surface area contributed by atoms with Crippen molar-refractivity contribution in [3.8, 4) is 0 Å². The van der Waals surface area contributed by atoms with Crippen LogP contribution in [0, 0.1) is 0 Å². The van der Waals surface area contributed by atoms with E-state index in [9.17, 15) is 4.79 Å². The van der Waals surface area contributed by atoms with Crippen LogP contribution < -0.4 is 0 Å². The van der Waals surface area contributed by atoms with Crippen LogP contribution in [0.4, 0.5) is 0 Å². The average molecular weight is 186 g/mol. The molecule has 1 aliphatic heterocycles. The highest BCUT2D eigenvalue weighted by atomic mass is 28.1. The first-order chi connectivity index (χ1) is 5.56. The fraction of sp³-hybridized carbons (Fsp3) is 0.625. The zero-order valence-electron chi connectivity index (χ0n) is 7.30. The third kappa shape index (κ3) is 1.76. The normalized spacial score (nSPS) is 30.0. The van der Waals surface area contributed by atoms with Gasteiger partial charge in [0.15, 0.2) is 0 Å². The Balaban J connectivity index is 2.69. The Hall–Kier alpha value is -0.613. The number of rotatable bonds is 2. The number of ether oxygens (including phenoxy) is 1. The van der Waals surface area contributed by atoms with Gasteiger partial charge in [-0.15, -0.1) is 0 Å². The zero-order valence-corrected chi connectivity index (χ0v) is 9.30. The van der Waals surface area contributed by atoms with Gasteiger partial charge in [0.05, 0.1) is 10.8 Å².